The van der Waals surface area contributed by atoms with Gasteiger partial charge in [0.2, 0.25) is 0 Å². The van der Waals surface area contributed by atoms with E-state index in [-0.39, 0.29) is 12.0 Å². The van der Waals surface area contributed by atoms with E-state index in [1.54, 1.807) is 24.3 Å². The fraction of sp³-hybridized carbons (Fsp3) is 0.300. The highest BCUT2D eigenvalue weighted by Crippen LogP contribution is 2.14. The number of benzene rings is 2. The van der Waals surface area contributed by atoms with Crippen LogP contribution in [0.25, 0.3) is 0 Å². The molecular weight excluding hydrogens is 314 g/mol. The first-order valence-corrected chi connectivity index (χ1v) is 8.38. The lowest BCUT2D eigenvalue weighted by Gasteiger charge is -2.31. The van der Waals surface area contributed by atoms with Crippen molar-refractivity contribution in [1.29, 1.82) is 5.26 Å². The summed E-state index contributed by atoms with van der Waals surface area (Å²) in [7, 11) is 0. The number of anilines is 1. The maximum atomic E-state index is 12.3. The maximum absolute atomic E-state index is 12.3. The van der Waals surface area contributed by atoms with E-state index in [1.807, 2.05) is 24.3 Å². The fourth-order valence-corrected chi connectivity index (χ4v) is 2.92. The number of nitriles is 1. The van der Waals surface area contributed by atoms with Gasteiger partial charge >= 0.3 is 0 Å². The number of ether oxygens (including phenoxy) is 1. The van der Waals surface area contributed by atoms with Crippen LogP contribution >= 0.6 is 0 Å². The first kappa shape index (κ1) is 17.2. The van der Waals surface area contributed by atoms with E-state index in [2.05, 4.69) is 23.2 Å². The minimum atomic E-state index is -0.179. The molecule has 1 amide bonds. The quantitative estimate of drug-likeness (QED) is 0.933. The van der Waals surface area contributed by atoms with Crippen LogP contribution in [0.2, 0.25) is 0 Å². The normalized spacial score (nSPS) is 17.7. The zero-order chi connectivity index (χ0) is 17.6. The highest BCUT2D eigenvalue weighted by Gasteiger charge is 2.16. The lowest BCUT2D eigenvalue weighted by molar-refractivity contribution is -0.0212. The summed E-state index contributed by atoms with van der Waals surface area (Å²) in [5.41, 5.74) is 2.92. The number of morpholine rings is 1. The molecule has 0 aromatic heterocycles. The van der Waals surface area contributed by atoms with Gasteiger partial charge in [0.1, 0.15) is 0 Å². The molecule has 1 aliphatic heterocycles. The molecule has 0 aliphatic carbocycles. The largest absolute Gasteiger partial charge is 0.376 e. The van der Waals surface area contributed by atoms with Crippen molar-refractivity contribution in [3.05, 3.63) is 65.2 Å². The van der Waals surface area contributed by atoms with Crippen LogP contribution in [0.5, 0.6) is 0 Å². The van der Waals surface area contributed by atoms with E-state index < -0.39 is 0 Å². The summed E-state index contributed by atoms with van der Waals surface area (Å²) in [6.07, 6.45) is 0.267. The van der Waals surface area contributed by atoms with Crippen LogP contribution in [0.1, 0.15) is 28.4 Å². The number of rotatable bonds is 4. The average Bonchev–Trinajstić information content (AvgIpc) is 2.62. The van der Waals surface area contributed by atoms with Crippen molar-refractivity contribution in [3.63, 3.8) is 0 Å². The molecule has 1 atom stereocenters. The van der Waals surface area contributed by atoms with Crippen LogP contribution in [0, 0.1) is 11.3 Å². The Balaban J connectivity index is 1.61. The molecule has 1 heterocycles. The fourth-order valence-electron chi connectivity index (χ4n) is 2.92. The van der Waals surface area contributed by atoms with Crippen LogP contribution in [-0.4, -0.2) is 36.6 Å². The standard InChI is InChI=1S/C20H21N3O2/c1-15-13-23(9-10-25-15)14-16-5-7-18(8-6-16)20(24)22-19-4-2-3-17(11-19)12-21/h2-8,11,15H,9-10,13-14H2,1H3,(H,22,24)/t15-/m0/s1. The summed E-state index contributed by atoms with van der Waals surface area (Å²) in [6, 6.07) is 16.6. The second kappa shape index (κ2) is 7.93. The highest BCUT2D eigenvalue weighted by molar-refractivity contribution is 6.04. The molecule has 1 N–H and O–H groups in total. The van der Waals surface area contributed by atoms with Gasteiger partial charge in [0.15, 0.2) is 0 Å². The second-order valence-electron chi connectivity index (χ2n) is 6.26. The minimum Gasteiger partial charge on any atom is -0.376 e. The van der Waals surface area contributed by atoms with Crippen LogP contribution < -0.4 is 5.32 Å². The van der Waals surface area contributed by atoms with Crippen molar-refractivity contribution in [2.24, 2.45) is 0 Å². The molecule has 1 fully saturated rings. The number of hydrogen-bond donors (Lipinski definition) is 1. The molecule has 0 saturated carbocycles. The Labute approximate surface area is 147 Å². The van der Waals surface area contributed by atoms with E-state index in [9.17, 15) is 4.79 Å². The van der Waals surface area contributed by atoms with Gasteiger partial charge in [-0.1, -0.05) is 18.2 Å². The Kier molecular flexibility index (Phi) is 5.44. The number of nitrogens with zero attached hydrogens (tertiary/aromatic N) is 2. The van der Waals surface area contributed by atoms with Gasteiger partial charge in [0.05, 0.1) is 24.3 Å². The zero-order valence-electron chi connectivity index (χ0n) is 14.2. The van der Waals surface area contributed by atoms with Crippen LogP contribution in [0.4, 0.5) is 5.69 Å². The molecule has 128 valence electrons. The summed E-state index contributed by atoms with van der Waals surface area (Å²) in [6.45, 7) is 5.57. The summed E-state index contributed by atoms with van der Waals surface area (Å²) < 4.78 is 5.55. The van der Waals surface area contributed by atoms with Gasteiger partial charge in [-0.15, -0.1) is 0 Å². The molecule has 3 rings (SSSR count). The summed E-state index contributed by atoms with van der Waals surface area (Å²) in [4.78, 5) is 14.7. The van der Waals surface area contributed by atoms with Gasteiger partial charge in [-0.3, -0.25) is 9.69 Å². The molecule has 5 nitrogen and oxygen atoms in total. The predicted molar refractivity (Wildman–Crippen MR) is 96.2 cm³/mol. The number of amides is 1. The summed E-state index contributed by atoms with van der Waals surface area (Å²) in [5, 5.41) is 11.7. The van der Waals surface area contributed by atoms with Crippen molar-refractivity contribution < 1.29 is 9.53 Å². The van der Waals surface area contributed by atoms with Crippen molar-refractivity contribution in [2.45, 2.75) is 19.6 Å². The molecule has 0 bridgehead atoms. The predicted octanol–water partition coefficient (Wildman–Crippen LogP) is 3.03. The van der Waals surface area contributed by atoms with Gasteiger partial charge < -0.3 is 10.1 Å². The second-order valence-corrected chi connectivity index (χ2v) is 6.26. The summed E-state index contributed by atoms with van der Waals surface area (Å²) in [5.74, 6) is -0.179. The maximum Gasteiger partial charge on any atom is 0.255 e. The lowest BCUT2D eigenvalue weighted by Crippen LogP contribution is -2.40. The van der Waals surface area contributed by atoms with Crippen LogP contribution in [-0.2, 0) is 11.3 Å². The Hall–Kier alpha value is -2.68. The Morgan fingerprint density at radius 3 is 2.84 bits per heavy atom. The Bertz CT molecular complexity index is 780. The van der Waals surface area contributed by atoms with E-state index in [0.717, 1.165) is 26.2 Å². The number of carbonyl (C=O) groups is 1. The van der Waals surface area contributed by atoms with E-state index in [1.165, 1.54) is 5.56 Å². The molecule has 2 aromatic rings. The summed E-state index contributed by atoms with van der Waals surface area (Å²) >= 11 is 0. The molecule has 5 heteroatoms. The van der Waals surface area contributed by atoms with Crippen molar-refractivity contribution in [2.75, 3.05) is 25.0 Å². The molecule has 25 heavy (non-hydrogen) atoms. The van der Waals surface area contributed by atoms with Crippen LogP contribution in [0.15, 0.2) is 48.5 Å². The smallest absolute Gasteiger partial charge is 0.255 e. The lowest BCUT2D eigenvalue weighted by atomic mass is 10.1. The molecule has 1 aliphatic rings. The van der Waals surface area contributed by atoms with Gasteiger partial charge in [-0.25, -0.2) is 0 Å². The third kappa shape index (κ3) is 4.66. The van der Waals surface area contributed by atoms with Crippen LogP contribution in [0.3, 0.4) is 0 Å². The monoisotopic (exact) mass is 335 g/mol. The SMILES string of the molecule is C[C@H]1CN(Cc2ccc(C(=O)Nc3cccc(C#N)c3)cc2)CCO1. The minimum absolute atomic E-state index is 0.179. The molecule has 0 radical (unpaired) electrons. The van der Waals surface area contributed by atoms with E-state index >= 15 is 0 Å². The van der Waals surface area contributed by atoms with Gasteiger partial charge in [0, 0.05) is 30.9 Å². The average molecular weight is 335 g/mol. The highest BCUT2D eigenvalue weighted by atomic mass is 16.5. The third-order valence-electron chi connectivity index (χ3n) is 4.20. The number of nitrogens with one attached hydrogen (secondary N) is 1. The Morgan fingerprint density at radius 1 is 1.32 bits per heavy atom. The van der Waals surface area contributed by atoms with Gasteiger partial charge in [-0.05, 0) is 42.8 Å². The van der Waals surface area contributed by atoms with Crippen molar-refractivity contribution >= 4 is 11.6 Å². The number of carbonyl (C=O) groups excluding carboxylic acids is 1. The molecule has 0 spiro atoms. The Morgan fingerprint density at radius 2 is 2.12 bits per heavy atom. The first-order valence-electron chi connectivity index (χ1n) is 8.38. The topological polar surface area (TPSA) is 65.4 Å². The first-order chi connectivity index (χ1) is 12.1. The molecular formula is C20H21N3O2. The third-order valence-corrected chi connectivity index (χ3v) is 4.20. The zero-order valence-corrected chi connectivity index (χ0v) is 14.2. The molecule has 2 aromatic carbocycles. The molecule has 0 unspecified atom stereocenters. The van der Waals surface area contributed by atoms with E-state index in [4.69, 9.17) is 10.00 Å². The number of hydrogen-bond acceptors (Lipinski definition) is 4. The van der Waals surface area contributed by atoms with E-state index in [0.29, 0.717) is 16.8 Å². The van der Waals surface area contributed by atoms with Gasteiger partial charge in [0.25, 0.3) is 5.91 Å². The van der Waals surface area contributed by atoms with Crippen molar-refractivity contribution in [3.8, 4) is 6.07 Å². The molecule has 1 saturated heterocycles. The van der Waals surface area contributed by atoms with Crippen molar-refractivity contribution in [1.82, 2.24) is 4.90 Å². The van der Waals surface area contributed by atoms with Gasteiger partial charge in [-0.2, -0.15) is 5.26 Å².